The Balaban J connectivity index is 1.62. The fraction of sp³-hybridized carbons (Fsp3) is 0.333. The molecular formula is C21H18F3N5O4. The van der Waals surface area contributed by atoms with Crippen LogP contribution in [0.25, 0.3) is 11.1 Å². The molecule has 1 aromatic carbocycles. The summed E-state index contributed by atoms with van der Waals surface area (Å²) < 4.78 is 52.1. The van der Waals surface area contributed by atoms with E-state index in [1.807, 2.05) is 0 Å². The Hall–Kier alpha value is -3.67. The van der Waals surface area contributed by atoms with Gasteiger partial charge in [0, 0.05) is 24.7 Å². The molecule has 0 aliphatic carbocycles. The quantitative estimate of drug-likeness (QED) is 0.476. The normalized spacial score (nSPS) is 16.6. The Labute approximate surface area is 184 Å². The molecule has 5 rings (SSSR count). The van der Waals surface area contributed by atoms with Crippen LogP contribution in [0.1, 0.15) is 65.7 Å². The summed E-state index contributed by atoms with van der Waals surface area (Å²) >= 11 is 0. The summed E-state index contributed by atoms with van der Waals surface area (Å²) in [5, 5.41) is 10.1. The standard InChI is InChI=1S/C21H18F3N5O4/c1-21(2,31)20-28-14(17(23)24)16(33-20)19(30)29-6-5-10-13(26-8-25-10)15(29)18-27-11-7-9(22)3-4-12(11)32-18/h3-4,7-8,15,17,31H,5-6H2,1-2H3,(H,25,26)/t15-/m1/s1. The number of hydrogen-bond donors (Lipinski definition) is 2. The van der Waals surface area contributed by atoms with E-state index in [0.29, 0.717) is 17.7 Å². The molecule has 0 bridgehead atoms. The number of rotatable bonds is 4. The minimum Gasteiger partial charge on any atom is -0.438 e. The van der Waals surface area contributed by atoms with Crippen molar-refractivity contribution < 1.29 is 31.9 Å². The van der Waals surface area contributed by atoms with E-state index in [9.17, 15) is 23.1 Å². The van der Waals surface area contributed by atoms with Crippen molar-refractivity contribution in [2.75, 3.05) is 6.54 Å². The Morgan fingerprint density at radius 3 is 2.82 bits per heavy atom. The van der Waals surface area contributed by atoms with Gasteiger partial charge < -0.3 is 23.8 Å². The van der Waals surface area contributed by atoms with Crippen LogP contribution in [-0.4, -0.2) is 42.4 Å². The molecule has 4 heterocycles. The topological polar surface area (TPSA) is 121 Å². The molecule has 4 aromatic rings. The van der Waals surface area contributed by atoms with Crippen LogP contribution >= 0.6 is 0 Å². The molecule has 1 aliphatic rings. The Bertz CT molecular complexity index is 1350. The number of amides is 1. The number of carbonyl (C=O) groups is 1. The average molecular weight is 461 g/mol. The van der Waals surface area contributed by atoms with Gasteiger partial charge in [-0.25, -0.2) is 28.1 Å². The van der Waals surface area contributed by atoms with Gasteiger partial charge in [-0.3, -0.25) is 4.79 Å². The van der Waals surface area contributed by atoms with Crippen molar-refractivity contribution in [2.24, 2.45) is 0 Å². The van der Waals surface area contributed by atoms with Crippen molar-refractivity contribution in [3.05, 3.63) is 65.0 Å². The molecule has 33 heavy (non-hydrogen) atoms. The van der Waals surface area contributed by atoms with Crippen LogP contribution in [0.15, 0.2) is 33.4 Å². The van der Waals surface area contributed by atoms with E-state index in [-0.39, 0.29) is 18.0 Å². The smallest absolute Gasteiger partial charge is 0.292 e. The zero-order valence-corrected chi connectivity index (χ0v) is 17.5. The van der Waals surface area contributed by atoms with E-state index >= 15 is 0 Å². The number of halogens is 3. The number of aromatic amines is 1. The number of aliphatic hydroxyl groups is 1. The number of carbonyl (C=O) groups excluding carboxylic acids is 1. The highest BCUT2D eigenvalue weighted by atomic mass is 19.3. The maximum Gasteiger partial charge on any atom is 0.292 e. The summed E-state index contributed by atoms with van der Waals surface area (Å²) in [5.41, 5.74) is -0.883. The molecule has 1 aliphatic heterocycles. The van der Waals surface area contributed by atoms with Gasteiger partial charge in [0.1, 0.15) is 16.9 Å². The fourth-order valence-electron chi connectivity index (χ4n) is 3.81. The lowest BCUT2D eigenvalue weighted by molar-refractivity contribution is 0.0436. The van der Waals surface area contributed by atoms with Gasteiger partial charge in [-0.15, -0.1) is 0 Å². The average Bonchev–Trinajstić information content (AvgIpc) is 3.48. The largest absolute Gasteiger partial charge is 0.438 e. The van der Waals surface area contributed by atoms with Crippen molar-refractivity contribution >= 4 is 17.0 Å². The number of alkyl halides is 2. The van der Waals surface area contributed by atoms with E-state index in [1.54, 1.807) is 0 Å². The number of nitrogens with one attached hydrogen (secondary N) is 1. The molecule has 2 N–H and O–H groups in total. The summed E-state index contributed by atoms with van der Waals surface area (Å²) in [6.07, 6.45) is -1.30. The van der Waals surface area contributed by atoms with E-state index in [2.05, 4.69) is 19.9 Å². The number of imidazole rings is 1. The van der Waals surface area contributed by atoms with Crippen LogP contribution in [0.4, 0.5) is 13.2 Å². The van der Waals surface area contributed by atoms with Crippen LogP contribution in [0.2, 0.25) is 0 Å². The molecule has 0 fully saturated rings. The lowest BCUT2D eigenvalue weighted by atomic mass is 10.0. The van der Waals surface area contributed by atoms with Crippen molar-refractivity contribution in [3.8, 4) is 0 Å². The Morgan fingerprint density at radius 2 is 2.09 bits per heavy atom. The lowest BCUT2D eigenvalue weighted by Gasteiger charge is -2.32. The summed E-state index contributed by atoms with van der Waals surface area (Å²) in [6, 6.07) is 2.82. The van der Waals surface area contributed by atoms with Gasteiger partial charge in [-0.05, 0) is 26.0 Å². The van der Waals surface area contributed by atoms with Crippen LogP contribution < -0.4 is 0 Å². The first-order chi connectivity index (χ1) is 15.6. The molecular weight excluding hydrogens is 443 g/mol. The van der Waals surface area contributed by atoms with Crippen molar-refractivity contribution in [2.45, 2.75) is 38.3 Å². The lowest BCUT2D eigenvalue weighted by Crippen LogP contribution is -2.41. The summed E-state index contributed by atoms with van der Waals surface area (Å²) in [4.78, 5) is 29.9. The van der Waals surface area contributed by atoms with Crippen molar-refractivity contribution in [1.82, 2.24) is 24.8 Å². The minimum absolute atomic E-state index is 0.0397. The molecule has 0 spiro atoms. The fourth-order valence-corrected chi connectivity index (χ4v) is 3.81. The van der Waals surface area contributed by atoms with E-state index in [4.69, 9.17) is 8.83 Å². The van der Waals surface area contributed by atoms with Crippen LogP contribution in [0, 0.1) is 5.82 Å². The van der Waals surface area contributed by atoms with E-state index < -0.39 is 47.1 Å². The zero-order valence-electron chi connectivity index (χ0n) is 17.5. The predicted molar refractivity (Wildman–Crippen MR) is 106 cm³/mol. The van der Waals surface area contributed by atoms with Gasteiger partial charge in [-0.1, -0.05) is 0 Å². The van der Waals surface area contributed by atoms with Crippen molar-refractivity contribution in [1.29, 1.82) is 0 Å². The summed E-state index contributed by atoms with van der Waals surface area (Å²) in [6.45, 7) is 2.71. The minimum atomic E-state index is -3.11. The first-order valence-corrected chi connectivity index (χ1v) is 10.0. The van der Waals surface area contributed by atoms with E-state index in [1.165, 1.54) is 43.3 Å². The molecule has 172 valence electrons. The zero-order chi connectivity index (χ0) is 23.5. The SMILES string of the molecule is CC(C)(O)c1nc(C(F)F)c(C(=O)N2CCc3[nH]cnc3[C@@H]2c2nc3cc(F)ccc3o2)o1. The molecule has 0 saturated heterocycles. The highest BCUT2D eigenvalue weighted by Gasteiger charge is 2.41. The van der Waals surface area contributed by atoms with Crippen LogP contribution in [0.5, 0.6) is 0 Å². The first kappa shape index (κ1) is 21.2. The number of aromatic nitrogens is 4. The monoisotopic (exact) mass is 461 g/mol. The number of fused-ring (bicyclic) bond motifs is 2. The molecule has 1 amide bonds. The molecule has 9 nitrogen and oxygen atoms in total. The number of H-pyrrole nitrogens is 1. The highest BCUT2D eigenvalue weighted by Crippen LogP contribution is 2.37. The van der Waals surface area contributed by atoms with Gasteiger partial charge in [0.05, 0.1) is 12.0 Å². The molecule has 12 heteroatoms. The maximum atomic E-state index is 13.7. The van der Waals surface area contributed by atoms with Crippen LogP contribution in [0.3, 0.4) is 0 Å². The number of oxazole rings is 2. The Kier molecular flexibility index (Phi) is 4.78. The second kappa shape index (κ2) is 7.44. The molecule has 0 saturated carbocycles. The highest BCUT2D eigenvalue weighted by molar-refractivity contribution is 5.93. The van der Waals surface area contributed by atoms with Gasteiger partial charge in [0.2, 0.25) is 17.5 Å². The number of nitrogens with zero attached hydrogens (tertiary/aromatic N) is 4. The van der Waals surface area contributed by atoms with Crippen LogP contribution in [-0.2, 0) is 12.0 Å². The number of benzene rings is 1. The molecule has 0 unspecified atom stereocenters. The second-order valence-electron chi connectivity index (χ2n) is 8.17. The first-order valence-electron chi connectivity index (χ1n) is 10.0. The second-order valence-corrected chi connectivity index (χ2v) is 8.17. The Morgan fingerprint density at radius 1 is 1.30 bits per heavy atom. The van der Waals surface area contributed by atoms with Gasteiger partial charge in [0.15, 0.2) is 17.3 Å². The third-order valence-corrected chi connectivity index (χ3v) is 5.36. The summed E-state index contributed by atoms with van der Waals surface area (Å²) in [5.74, 6) is -2.46. The maximum absolute atomic E-state index is 13.7. The third kappa shape index (κ3) is 3.55. The van der Waals surface area contributed by atoms with Gasteiger partial charge in [0.25, 0.3) is 12.3 Å². The van der Waals surface area contributed by atoms with Gasteiger partial charge in [-0.2, -0.15) is 0 Å². The molecule has 1 atom stereocenters. The summed E-state index contributed by atoms with van der Waals surface area (Å²) in [7, 11) is 0. The predicted octanol–water partition coefficient (Wildman–Crippen LogP) is 3.63. The third-order valence-electron chi connectivity index (χ3n) is 5.36. The van der Waals surface area contributed by atoms with Crippen molar-refractivity contribution in [3.63, 3.8) is 0 Å². The molecule has 3 aromatic heterocycles. The number of hydrogen-bond acceptors (Lipinski definition) is 7. The van der Waals surface area contributed by atoms with Gasteiger partial charge >= 0.3 is 0 Å². The van der Waals surface area contributed by atoms with E-state index in [0.717, 1.165) is 5.69 Å². The molecule has 0 radical (unpaired) electrons.